The molecule has 0 aliphatic rings. The lowest BCUT2D eigenvalue weighted by molar-refractivity contribution is -0.167. The smallest absolute Gasteiger partial charge is 0.306 e. The predicted molar refractivity (Wildman–Crippen MR) is 270 cm³/mol. The molecule has 6 heteroatoms. The predicted octanol–water partition coefficient (Wildman–Crippen LogP) is 17.6. The maximum atomic E-state index is 12.8. The number of unbranched alkanes of at least 4 members (excludes halogenated alkanes) is 27. The summed E-state index contributed by atoms with van der Waals surface area (Å²) in [6, 6.07) is 0. The number of hydrogen-bond donors (Lipinski definition) is 0. The Morgan fingerprint density at radius 1 is 0.317 bits per heavy atom. The van der Waals surface area contributed by atoms with Crippen LogP contribution in [0.1, 0.15) is 265 Å². The average molecular weight is 881 g/mol. The first-order valence-corrected chi connectivity index (χ1v) is 26.8. The minimum absolute atomic E-state index is 0.0901. The number of rotatable bonds is 48. The summed E-state index contributed by atoms with van der Waals surface area (Å²) in [6.07, 6.45) is 63.4. The maximum absolute atomic E-state index is 12.8. The fourth-order valence-electron chi connectivity index (χ4n) is 7.42. The van der Waals surface area contributed by atoms with Crippen LogP contribution in [-0.2, 0) is 28.6 Å². The van der Waals surface area contributed by atoms with Crippen LogP contribution in [0, 0.1) is 0 Å². The summed E-state index contributed by atoms with van der Waals surface area (Å²) in [5.74, 6) is -0.930. The molecule has 1 atom stereocenters. The van der Waals surface area contributed by atoms with Gasteiger partial charge in [0, 0.05) is 19.3 Å². The van der Waals surface area contributed by atoms with Crippen LogP contribution in [0.15, 0.2) is 60.8 Å². The normalized spacial score (nSPS) is 12.5. The lowest BCUT2D eigenvalue weighted by Gasteiger charge is -2.18. The number of hydrogen-bond acceptors (Lipinski definition) is 6. The Balaban J connectivity index is 4.43. The zero-order valence-corrected chi connectivity index (χ0v) is 41.6. The third kappa shape index (κ3) is 50.0. The highest BCUT2D eigenvalue weighted by atomic mass is 16.6. The van der Waals surface area contributed by atoms with Crippen molar-refractivity contribution in [2.45, 2.75) is 271 Å². The topological polar surface area (TPSA) is 78.9 Å². The summed E-state index contributed by atoms with van der Waals surface area (Å²) in [5.41, 5.74) is 0. The van der Waals surface area contributed by atoms with Gasteiger partial charge in [-0.15, -0.1) is 0 Å². The Kier molecular flexibility index (Phi) is 49.4. The second-order valence-corrected chi connectivity index (χ2v) is 17.8. The molecular weight excluding hydrogens is 781 g/mol. The molecule has 0 amide bonds. The molecule has 0 unspecified atom stereocenters. The van der Waals surface area contributed by atoms with E-state index in [2.05, 4.69) is 81.5 Å². The van der Waals surface area contributed by atoms with E-state index in [1.54, 1.807) is 0 Å². The summed E-state index contributed by atoms with van der Waals surface area (Å²) in [5, 5.41) is 0. The van der Waals surface area contributed by atoms with Crippen LogP contribution in [0.25, 0.3) is 0 Å². The van der Waals surface area contributed by atoms with Crippen LogP contribution in [0.3, 0.4) is 0 Å². The molecule has 0 aliphatic carbocycles. The van der Waals surface area contributed by atoms with Gasteiger partial charge in [-0.05, 0) is 89.9 Å². The molecule has 0 fully saturated rings. The summed E-state index contributed by atoms with van der Waals surface area (Å²) >= 11 is 0. The number of carbonyl (C=O) groups is 3. The van der Waals surface area contributed by atoms with Crippen LogP contribution in [0.2, 0.25) is 0 Å². The van der Waals surface area contributed by atoms with Crippen LogP contribution >= 0.6 is 0 Å². The lowest BCUT2D eigenvalue weighted by atomic mass is 10.0. The molecule has 0 saturated carbocycles. The molecule has 0 spiro atoms. The van der Waals surface area contributed by atoms with Gasteiger partial charge in [0.15, 0.2) is 6.10 Å². The third-order valence-corrected chi connectivity index (χ3v) is 11.5. The molecule has 63 heavy (non-hydrogen) atoms. The molecule has 0 heterocycles. The molecule has 0 aromatic heterocycles. The number of ether oxygens (including phenoxy) is 3. The van der Waals surface area contributed by atoms with Gasteiger partial charge in [-0.25, -0.2) is 0 Å². The van der Waals surface area contributed by atoms with Crippen molar-refractivity contribution in [1.82, 2.24) is 0 Å². The quantitative estimate of drug-likeness (QED) is 0.0262. The van der Waals surface area contributed by atoms with Crippen LogP contribution < -0.4 is 0 Å². The monoisotopic (exact) mass is 881 g/mol. The minimum Gasteiger partial charge on any atom is -0.462 e. The number of allylic oxidation sites excluding steroid dienone is 10. The zero-order valence-electron chi connectivity index (χ0n) is 41.6. The SMILES string of the molecule is CCCCC/C=C\C/C=C\C/C=C\CCCCC(=O)O[C@H](COC(=O)CCCCCCCCC/C=C\C/C=C\CCCCC)COC(=O)CCCCCCCCCCCCCCC. The molecule has 0 rings (SSSR count). The zero-order chi connectivity index (χ0) is 45.8. The van der Waals surface area contributed by atoms with E-state index in [-0.39, 0.29) is 37.5 Å². The lowest BCUT2D eigenvalue weighted by Crippen LogP contribution is -2.30. The molecule has 0 aromatic rings. The largest absolute Gasteiger partial charge is 0.462 e. The van der Waals surface area contributed by atoms with Crippen molar-refractivity contribution in [1.29, 1.82) is 0 Å². The second-order valence-electron chi connectivity index (χ2n) is 17.8. The second kappa shape index (κ2) is 51.7. The number of carbonyl (C=O) groups excluding carboxylic acids is 3. The van der Waals surface area contributed by atoms with Crippen LogP contribution in [0.5, 0.6) is 0 Å². The third-order valence-electron chi connectivity index (χ3n) is 11.5. The highest BCUT2D eigenvalue weighted by Crippen LogP contribution is 2.15. The van der Waals surface area contributed by atoms with Gasteiger partial charge < -0.3 is 14.2 Å². The Bertz CT molecular complexity index is 1150. The number of esters is 3. The molecule has 0 aliphatic heterocycles. The van der Waals surface area contributed by atoms with Gasteiger partial charge in [0.05, 0.1) is 0 Å². The van der Waals surface area contributed by atoms with E-state index in [1.165, 1.54) is 141 Å². The molecule has 6 nitrogen and oxygen atoms in total. The van der Waals surface area contributed by atoms with E-state index in [0.717, 1.165) is 77.0 Å². The van der Waals surface area contributed by atoms with Gasteiger partial charge in [0.1, 0.15) is 13.2 Å². The molecule has 0 radical (unpaired) electrons. The highest BCUT2D eigenvalue weighted by Gasteiger charge is 2.19. The van der Waals surface area contributed by atoms with Gasteiger partial charge in [0.25, 0.3) is 0 Å². The van der Waals surface area contributed by atoms with Gasteiger partial charge in [-0.3, -0.25) is 14.4 Å². The van der Waals surface area contributed by atoms with E-state index in [4.69, 9.17) is 14.2 Å². The molecular formula is C57H100O6. The van der Waals surface area contributed by atoms with Crippen LogP contribution in [0.4, 0.5) is 0 Å². The van der Waals surface area contributed by atoms with E-state index < -0.39 is 6.10 Å². The minimum atomic E-state index is -0.795. The van der Waals surface area contributed by atoms with Crippen molar-refractivity contribution in [3.8, 4) is 0 Å². The van der Waals surface area contributed by atoms with Gasteiger partial charge in [-0.1, -0.05) is 216 Å². The average Bonchev–Trinajstić information content (AvgIpc) is 3.28. The van der Waals surface area contributed by atoms with E-state index in [0.29, 0.717) is 19.3 Å². The van der Waals surface area contributed by atoms with E-state index >= 15 is 0 Å². The van der Waals surface area contributed by atoms with Crippen molar-refractivity contribution >= 4 is 17.9 Å². The molecule has 0 aromatic carbocycles. The summed E-state index contributed by atoms with van der Waals surface area (Å²) in [6.45, 7) is 6.56. The summed E-state index contributed by atoms with van der Waals surface area (Å²) < 4.78 is 16.8. The van der Waals surface area contributed by atoms with E-state index in [9.17, 15) is 14.4 Å². The van der Waals surface area contributed by atoms with Gasteiger partial charge >= 0.3 is 17.9 Å². The first kappa shape index (κ1) is 60.1. The van der Waals surface area contributed by atoms with Gasteiger partial charge in [0.2, 0.25) is 0 Å². The van der Waals surface area contributed by atoms with Gasteiger partial charge in [-0.2, -0.15) is 0 Å². The first-order valence-electron chi connectivity index (χ1n) is 26.8. The first-order chi connectivity index (χ1) is 31.0. The van der Waals surface area contributed by atoms with Crippen molar-refractivity contribution in [2.75, 3.05) is 13.2 Å². The molecule has 0 saturated heterocycles. The van der Waals surface area contributed by atoms with Crippen molar-refractivity contribution in [2.24, 2.45) is 0 Å². The highest BCUT2D eigenvalue weighted by molar-refractivity contribution is 5.71. The standard InChI is InChI=1S/C57H100O6/c1-4-7-10-13-16-19-22-25-27-28-30-32-35-38-41-44-47-50-56(59)62-53-54(52-61-55(58)49-46-43-40-37-34-31-24-21-18-15-12-9-6-3)63-57(60)51-48-45-42-39-36-33-29-26-23-20-17-14-11-8-5-2/h16-17,19-20,25-27,29,36,39,54H,4-15,18,21-24,28,30-35,37-38,40-53H2,1-3H3/b19-16-,20-17-,27-25-,29-26-,39-36-/t54-/m0/s1. The fourth-order valence-corrected chi connectivity index (χ4v) is 7.42. The molecule has 0 bridgehead atoms. The van der Waals surface area contributed by atoms with Crippen molar-refractivity contribution in [3.63, 3.8) is 0 Å². The van der Waals surface area contributed by atoms with Crippen molar-refractivity contribution in [3.05, 3.63) is 60.8 Å². The fraction of sp³-hybridized carbons (Fsp3) is 0.772. The Morgan fingerprint density at radius 2 is 0.571 bits per heavy atom. The van der Waals surface area contributed by atoms with Crippen molar-refractivity contribution < 1.29 is 28.6 Å². The van der Waals surface area contributed by atoms with Crippen LogP contribution in [-0.4, -0.2) is 37.2 Å². The van der Waals surface area contributed by atoms with E-state index in [1.807, 2.05) is 0 Å². The Labute approximate surface area is 390 Å². The Hall–Kier alpha value is -2.89. The maximum Gasteiger partial charge on any atom is 0.306 e. The molecule has 364 valence electrons. The Morgan fingerprint density at radius 3 is 0.952 bits per heavy atom. The summed E-state index contributed by atoms with van der Waals surface area (Å²) in [4.78, 5) is 38.0. The molecule has 0 N–H and O–H groups in total. The summed E-state index contributed by atoms with van der Waals surface area (Å²) in [7, 11) is 0.